The highest BCUT2D eigenvalue weighted by molar-refractivity contribution is 5.29. The Morgan fingerprint density at radius 3 is 2.70 bits per heavy atom. The average molecular weight is 272 g/mol. The molecule has 1 fully saturated rings. The predicted octanol–water partition coefficient (Wildman–Crippen LogP) is 3.11. The van der Waals surface area contributed by atoms with Crippen LogP contribution >= 0.6 is 0 Å². The Kier molecular flexibility index (Phi) is 3.74. The Morgan fingerprint density at radius 1 is 1.25 bits per heavy atom. The van der Waals surface area contributed by atoms with Gasteiger partial charge < -0.3 is 14.4 Å². The fourth-order valence-electron chi connectivity index (χ4n) is 3.23. The summed E-state index contributed by atoms with van der Waals surface area (Å²) >= 11 is 0. The van der Waals surface area contributed by atoms with E-state index in [-0.39, 0.29) is 0 Å². The number of phenols is 1. The van der Waals surface area contributed by atoms with Gasteiger partial charge in [-0.15, -0.1) is 0 Å². The largest absolute Gasteiger partial charge is 0.508 e. The van der Waals surface area contributed by atoms with E-state index in [0.717, 1.165) is 19.3 Å². The Balaban J connectivity index is 1.90. The first-order valence-corrected chi connectivity index (χ1v) is 7.07. The summed E-state index contributed by atoms with van der Waals surface area (Å²) in [5, 5.41) is 9.46. The summed E-state index contributed by atoms with van der Waals surface area (Å²) in [5.74, 6) is 0.704. The van der Waals surface area contributed by atoms with E-state index in [1.165, 1.54) is 5.56 Å². The van der Waals surface area contributed by atoms with Gasteiger partial charge in [-0.1, -0.05) is 12.1 Å². The lowest BCUT2D eigenvalue weighted by Gasteiger charge is -2.36. The van der Waals surface area contributed by atoms with Gasteiger partial charge in [-0.25, -0.2) is 4.98 Å². The molecule has 0 bridgehead atoms. The van der Waals surface area contributed by atoms with E-state index < -0.39 is 0 Å². The summed E-state index contributed by atoms with van der Waals surface area (Å²) in [6.07, 6.45) is 9.24. The van der Waals surface area contributed by atoms with Gasteiger partial charge in [-0.05, 0) is 37.0 Å². The monoisotopic (exact) mass is 272 g/mol. The lowest BCUT2D eigenvalue weighted by Crippen LogP contribution is -2.29. The first-order valence-electron chi connectivity index (χ1n) is 7.07. The van der Waals surface area contributed by atoms with Crippen LogP contribution in [0.2, 0.25) is 0 Å². The molecule has 1 unspecified atom stereocenters. The maximum Gasteiger partial charge on any atom is 0.115 e. The zero-order valence-electron chi connectivity index (χ0n) is 11.6. The molecule has 0 amide bonds. The van der Waals surface area contributed by atoms with Gasteiger partial charge >= 0.3 is 0 Å². The van der Waals surface area contributed by atoms with Crippen LogP contribution in [0.3, 0.4) is 0 Å². The Bertz CT molecular complexity index is 536. The molecule has 1 heterocycles. The summed E-state index contributed by atoms with van der Waals surface area (Å²) in [6.45, 7) is 0. The van der Waals surface area contributed by atoms with Gasteiger partial charge in [0.15, 0.2) is 0 Å². The van der Waals surface area contributed by atoms with E-state index in [4.69, 9.17) is 4.74 Å². The minimum absolute atomic E-state index is 0.312. The van der Waals surface area contributed by atoms with Gasteiger partial charge in [-0.3, -0.25) is 0 Å². The summed E-state index contributed by atoms with van der Waals surface area (Å²) < 4.78 is 7.76. The highest BCUT2D eigenvalue weighted by atomic mass is 16.5. The molecule has 1 aromatic carbocycles. The van der Waals surface area contributed by atoms with Crippen LogP contribution in [0.1, 0.15) is 36.8 Å². The van der Waals surface area contributed by atoms with Gasteiger partial charge in [-0.2, -0.15) is 0 Å². The number of hydrogen-bond donors (Lipinski definition) is 1. The minimum atomic E-state index is 0.312. The molecule has 1 saturated carbocycles. The van der Waals surface area contributed by atoms with Gasteiger partial charge in [0.25, 0.3) is 0 Å². The molecule has 0 aliphatic heterocycles. The number of methoxy groups -OCH3 is 1. The SMILES string of the molecule is CO[C@@H]1CC[C@@H](n2ccnc2)C(c2ccc(O)cc2)C1. The van der Waals surface area contributed by atoms with Crippen molar-refractivity contribution in [3.8, 4) is 5.75 Å². The van der Waals surface area contributed by atoms with Crippen molar-refractivity contribution in [2.45, 2.75) is 37.3 Å². The molecule has 3 atom stereocenters. The highest BCUT2D eigenvalue weighted by Gasteiger charge is 2.32. The molecule has 1 N–H and O–H groups in total. The number of ether oxygens (including phenoxy) is 1. The number of aromatic hydroxyl groups is 1. The molecule has 1 aliphatic rings. The smallest absolute Gasteiger partial charge is 0.115 e. The molecule has 106 valence electrons. The van der Waals surface area contributed by atoms with Crippen LogP contribution in [0.5, 0.6) is 5.75 Å². The number of phenolic OH excluding ortho intramolecular Hbond substituents is 1. The van der Waals surface area contributed by atoms with Crippen molar-refractivity contribution in [3.63, 3.8) is 0 Å². The fraction of sp³-hybridized carbons (Fsp3) is 0.438. The summed E-state index contributed by atoms with van der Waals surface area (Å²) in [6, 6.07) is 7.96. The van der Waals surface area contributed by atoms with E-state index >= 15 is 0 Å². The van der Waals surface area contributed by atoms with Crippen molar-refractivity contribution < 1.29 is 9.84 Å². The van der Waals surface area contributed by atoms with Gasteiger partial charge in [0.2, 0.25) is 0 Å². The average Bonchev–Trinajstić information content (AvgIpc) is 3.01. The number of hydrogen-bond acceptors (Lipinski definition) is 3. The second kappa shape index (κ2) is 5.67. The summed E-state index contributed by atoms with van der Waals surface area (Å²) in [7, 11) is 1.79. The quantitative estimate of drug-likeness (QED) is 0.934. The molecule has 4 heteroatoms. The predicted molar refractivity (Wildman–Crippen MR) is 76.8 cm³/mol. The first kappa shape index (κ1) is 13.2. The minimum Gasteiger partial charge on any atom is -0.508 e. The summed E-state index contributed by atoms with van der Waals surface area (Å²) in [5.41, 5.74) is 1.25. The van der Waals surface area contributed by atoms with Crippen molar-refractivity contribution in [2.24, 2.45) is 0 Å². The molecular weight excluding hydrogens is 252 g/mol. The van der Waals surface area contributed by atoms with Crippen molar-refractivity contribution in [2.75, 3.05) is 7.11 Å². The standard InChI is InChI=1S/C16H20N2O2/c1-20-14-6-7-16(18-9-8-17-11-18)15(10-14)12-2-4-13(19)5-3-12/h2-5,8-9,11,14-16,19H,6-7,10H2,1H3/t14-,15?,16-/m1/s1. The molecular formula is C16H20N2O2. The van der Waals surface area contributed by atoms with Crippen molar-refractivity contribution in [3.05, 3.63) is 48.5 Å². The third-order valence-corrected chi connectivity index (χ3v) is 4.33. The van der Waals surface area contributed by atoms with Crippen LogP contribution < -0.4 is 0 Å². The maximum absolute atomic E-state index is 9.46. The first-order chi connectivity index (χ1) is 9.78. The Hall–Kier alpha value is -1.81. The Labute approximate surface area is 119 Å². The van der Waals surface area contributed by atoms with Crippen molar-refractivity contribution in [1.82, 2.24) is 9.55 Å². The molecule has 4 nitrogen and oxygen atoms in total. The van der Waals surface area contributed by atoms with Crippen LogP contribution in [-0.2, 0) is 4.74 Å². The third-order valence-electron chi connectivity index (χ3n) is 4.33. The van der Waals surface area contributed by atoms with E-state index in [0.29, 0.717) is 23.8 Å². The van der Waals surface area contributed by atoms with Crippen LogP contribution in [0.4, 0.5) is 0 Å². The molecule has 3 rings (SSSR count). The van der Waals surface area contributed by atoms with Crippen LogP contribution in [0.15, 0.2) is 43.0 Å². The van der Waals surface area contributed by atoms with Crippen LogP contribution in [-0.4, -0.2) is 27.9 Å². The van der Waals surface area contributed by atoms with Gasteiger partial charge in [0.1, 0.15) is 5.75 Å². The second-order valence-electron chi connectivity index (χ2n) is 5.45. The highest BCUT2D eigenvalue weighted by Crippen LogP contribution is 2.42. The molecule has 0 saturated heterocycles. The van der Waals surface area contributed by atoms with E-state index in [1.807, 2.05) is 30.9 Å². The number of rotatable bonds is 3. The number of imidazole rings is 1. The van der Waals surface area contributed by atoms with Gasteiger partial charge in [0.05, 0.1) is 12.4 Å². The third kappa shape index (κ3) is 2.56. The molecule has 1 aromatic heterocycles. The lowest BCUT2D eigenvalue weighted by atomic mass is 9.78. The number of nitrogens with zero attached hydrogens (tertiary/aromatic N) is 2. The second-order valence-corrected chi connectivity index (χ2v) is 5.45. The van der Waals surface area contributed by atoms with Gasteiger partial charge in [0, 0.05) is 31.5 Å². The molecule has 0 radical (unpaired) electrons. The van der Waals surface area contributed by atoms with E-state index in [9.17, 15) is 5.11 Å². The normalized spacial score (nSPS) is 26.6. The number of benzene rings is 1. The molecule has 0 spiro atoms. The van der Waals surface area contributed by atoms with Crippen molar-refractivity contribution >= 4 is 0 Å². The maximum atomic E-state index is 9.46. The van der Waals surface area contributed by atoms with E-state index in [2.05, 4.69) is 9.55 Å². The van der Waals surface area contributed by atoms with E-state index in [1.54, 1.807) is 19.2 Å². The Morgan fingerprint density at radius 2 is 2.05 bits per heavy atom. The molecule has 1 aliphatic carbocycles. The molecule has 2 aromatic rings. The van der Waals surface area contributed by atoms with Crippen molar-refractivity contribution in [1.29, 1.82) is 0 Å². The number of aromatic nitrogens is 2. The molecule has 20 heavy (non-hydrogen) atoms. The fourth-order valence-corrected chi connectivity index (χ4v) is 3.23. The lowest BCUT2D eigenvalue weighted by molar-refractivity contribution is 0.0484. The van der Waals surface area contributed by atoms with Crippen LogP contribution in [0.25, 0.3) is 0 Å². The zero-order valence-corrected chi connectivity index (χ0v) is 11.6. The summed E-state index contributed by atoms with van der Waals surface area (Å²) in [4.78, 5) is 4.17. The zero-order chi connectivity index (χ0) is 13.9. The topological polar surface area (TPSA) is 47.3 Å². The van der Waals surface area contributed by atoms with Crippen LogP contribution in [0, 0.1) is 0 Å².